The van der Waals surface area contributed by atoms with E-state index in [4.69, 9.17) is 14.5 Å². The highest BCUT2D eigenvalue weighted by atomic mass is 32.2. The average molecular weight is 529 g/mol. The van der Waals surface area contributed by atoms with Gasteiger partial charge in [-0.05, 0) is 49.1 Å². The van der Waals surface area contributed by atoms with Crippen molar-refractivity contribution in [1.29, 1.82) is 0 Å². The van der Waals surface area contributed by atoms with Gasteiger partial charge >= 0.3 is 0 Å². The van der Waals surface area contributed by atoms with Gasteiger partial charge in [-0.2, -0.15) is 0 Å². The van der Waals surface area contributed by atoms with Crippen LogP contribution in [0, 0.1) is 0 Å². The van der Waals surface area contributed by atoms with E-state index < -0.39 is 0 Å². The van der Waals surface area contributed by atoms with Gasteiger partial charge in [-0.1, -0.05) is 11.8 Å². The molecule has 2 aromatic heterocycles. The Morgan fingerprint density at radius 3 is 2.81 bits per heavy atom. The van der Waals surface area contributed by atoms with Crippen LogP contribution in [0.4, 0.5) is 5.69 Å². The number of hydrogen-bond acceptors (Lipinski definition) is 8. The molecular formula is C25H28N4O5S2. The highest BCUT2D eigenvalue weighted by molar-refractivity contribution is 7.99. The number of nitrogens with zero attached hydrogens (tertiary/aromatic N) is 3. The van der Waals surface area contributed by atoms with Crippen molar-refractivity contribution < 1.29 is 19.1 Å². The second kappa shape index (κ2) is 10.6. The summed E-state index contributed by atoms with van der Waals surface area (Å²) in [5.74, 6) is 0.661. The van der Waals surface area contributed by atoms with E-state index in [1.807, 2.05) is 0 Å². The second-order valence-electron chi connectivity index (χ2n) is 8.89. The number of thioether (sulfide) groups is 1. The van der Waals surface area contributed by atoms with Crippen LogP contribution in [0.15, 0.2) is 34.2 Å². The number of thiophene rings is 1. The summed E-state index contributed by atoms with van der Waals surface area (Å²) in [6.07, 6.45) is 2.46. The predicted octanol–water partition coefficient (Wildman–Crippen LogP) is 3.28. The summed E-state index contributed by atoms with van der Waals surface area (Å²) >= 11 is 2.71. The summed E-state index contributed by atoms with van der Waals surface area (Å²) in [7, 11) is 1.59. The average Bonchev–Trinajstić information content (AvgIpc) is 3.52. The van der Waals surface area contributed by atoms with Crippen LogP contribution in [-0.2, 0) is 33.8 Å². The molecule has 1 atom stereocenters. The number of rotatable bonds is 7. The van der Waals surface area contributed by atoms with Gasteiger partial charge in [-0.15, -0.1) is 11.3 Å². The number of nitrogens with one attached hydrogen (secondary N) is 1. The van der Waals surface area contributed by atoms with Crippen LogP contribution in [0.3, 0.4) is 0 Å². The Balaban J connectivity index is 1.42. The Labute approximate surface area is 216 Å². The van der Waals surface area contributed by atoms with Crippen molar-refractivity contribution in [1.82, 2.24) is 14.5 Å². The zero-order valence-electron chi connectivity index (χ0n) is 20.2. The van der Waals surface area contributed by atoms with Crippen molar-refractivity contribution in [3.05, 3.63) is 45.1 Å². The number of aromatic nitrogens is 2. The highest BCUT2D eigenvalue weighted by Crippen LogP contribution is 2.34. The van der Waals surface area contributed by atoms with Gasteiger partial charge in [0, 0.05) is 30.6 Å². The Morgan fingerprint density at radius 2 is 2.11 bits per heavy atom. The van der Waals surface area contributed by atoms with Crippen LogP contribution in [0.1, 0.15) is 30.2 Å². The molecule has 0 saturated carbocycles. The highest BCUT2D eigenvalue weighted by Gasteiger charge is 2.27. The molecule has 1 fully saturated rings. The molecule has 11 heteroatoms. The number of carbonyl (C=O) groups is 2. The first-order valence-electron chi connectivity index (χ1n) is 11.9. The molecule has 3 aromatic rings. The van der Waals surface area contributed by atoms with Crippen LogP contribution in [-0.4, -0.2) is 58.4 Å². The molecule has 0 bridgehead atoms. The first-order valence-corrected chi connectivity index (χ1v) is 13.7. The first kappa shape index (κ1) is 24.8. The lowest BCUT2D eigenvalue weighted by molar-refractivity contribution is -0.129. The smallest absolute Gasteiger partial charge is 0.263 e. The van der Waals surface area contributed by atoms with Crippen molar-refractivity contribution in [2.75, 3.05) is 31.3 Å². The van der Waals surface area contributed by atoms with E-state index in [0.29, 0.717) is 59.5 Å². The van der Waals surface area contributed by atoms with E-state index in [1.54, 1.807) is 47.8 Å². The maximum atomic E-state index is 13.7. The number of hydrogen-bond donors (Lipinski definition) is 1. The minimum absolute atomic E-state index is 0.0287. The lowest BCUT2D eigenvalue weighted by Crippen LogP contribution is -2.34. The summed E-state index contributed by atoms with van der Waals surface area (Å²) in [6, 6.07) is 7.12. The van der Waals surface area contributed by atoms with E-state index in [0.717, 1.165) is 23.3 Å². The Bertz CT molecular complexity index is 1350. The fraction of sp³-hybridized carbons (Fsp3) is 0.440. The van der Waals surface area contributed by atoms with Crippen LogP contribution >= 0.6 is 23.1 Å². The summed E-state index contributed by atoms with van der Waals surface area (Å²) in [5, 5.41) is 4.02. The molecule has 9 nitrogen and oxygen atoms in total. The standard InChI is InChI=1S/C25H28N4O5S2/c1-15(30)28-10-9-19-20(13-28)36-23-22(19)24(32)29(12-18-4-3-11-34-18)25(27-23)35-14-21(31)26-16-5-7-17(33-2)8-6-16/h5-8,18H,3-4,9-14H2,1-2H3,(H,26,31)/t18-/m0/s1. The monoisotopic (exact) mass is 528 g/mol. The summed E-state index contributed by atoms with van der Waals surface area (Å²) in [4.78, 5) is 46.6. The molecule has 0 unspecified atom stereocenters. The molecule has 2 amide bonds. The number of fused-ring (bicyclic) bond motifs is 3. The van der Waals surface area contributed by atoms with Crippen molar-refractivity contribution in [2.24, 2.45) is 0 Å². The number of benzene rings is 1. The van der Waals surface area contributed by atoms with E-state index in [-0.39, 0.29) is 29.2 Å². The summed E-state index contributed by atoms with van der Waals surface area (Å²) in [6.45, 7) is 3.77. The molecule has 190 valence electrons. The number of anilines is 1. The molecule has 36 heavy (non-hydrogen) atoms. The van der Waals surface area contributed by atoms with E-state index in [2.05, 4.69) is 5.32 Å². The minimum Gasteiger partial charge on any atom is -0.497 e. The van der Waals surface area contributed by atoms with Crippen LogP contribution in [0.5, 0.6) is 5.75 Å². The number of ether oxygens (including phenoxy) is 2. The number of carbonyl (C=O) groups excluding carboxylic acids is 2. The Hall–Kier alpha value is -2.89. The van der Waals surface area contributed by atoms with E-state index >= 15 is 0 Å². The van der Waals surface area contributed by atoms with Gasteiger partial charge in [0.1, 0.15) is 10.6 Å². The quantitative estimate of drug-likeness (QED) is 0.371. The molecule has 4 heterocycles. The third-order valence-corrected chi connectivity index (χ3v) is 8.57. The van der Waals surface area contributed by atoms with Crippen molar-refractivity contribution >= 4 is 50.8 Å². The number of methoxy groups -OCH3 is 1. The first-order chi connectivity index (χ1) is 17.4. The fourth-order valence-electron chi connectivity index (χ4n) is 4.59. The molecule has 1 saturated heterocycles. The third kappa shape index (κ3) is 5.14. The normalized spacial score (nSPS) is 17.3. The fourth-order valence-corrected chi connectivity index (χ4v) is 6.68. The molecule has 2 aliphatic rings. The maximum Gasteiger partial charge on any atom is 0.263 e. The number of amides is 2. The van der Waals surface area contributed by atoms with Gasteiger partial charge in [0.2, 0.25) is 11.8 Å². The largest absolute Gasteiger partial charge is 0.497 e. The van der Waals surface area contributed by atoms with Gasteiger partial charge < -0.3 is 19.7 Å². The van der Waals surface area contributed by atoms with Crippen LogP contribution in [0.2, 0.25) is 0 Å². The summed E-state index contributed by atoms with van der Waals surface area (Å²) < 4.78 is 12.6. The zero-order chi connectivity index (χ0) is 25.2. The van der Waals surface area contributed by atoms with Gasteiger partial charge in [0.15, 0.2) is 5.16 Å². The third-order valence-electron chi connectivity index (χ3n) is 6.49. The zero-order valence-corrected chi connectivity index (χ0v) is 21.9. The maximum absolute atomic E-state index is 13.7. The molecule has 2 aliphatic heterocycles. The minimum atomic E-state index is -0.189. The second-order valence-corrected chi connectivity index (χ2v) is 10.9. The van der Waals surface area contributed by atoms with E-state index in [1.165, 1.54) is 23.1 Å². The molecule has 1 aromatic carbocycles. The Morgan fingerprint density at radius 1 is 1.31 bits per heavy atom. The lowest BCUT2D eigenvalue weighted by atomic mass is 10.1. The van der Waals surface area contributed by atoms with Gasteiger partial charge in [0.05, 0.1) is 37.4 Å². The summed E-state index contributed by atoms with van der Waals surface area (Å²) in [5.41, 5.74) is 1.57. The molecule has 0 aliphatic carbocycles. The van der Waals surface area contributed by atoms with Crippen molar-refractivity contribution in [3.63, 3.8) is 0 Å². The van der Waals surface area contributed by atoms with Crippen molar-refractivity contribution in [2.45, 2.75) is 50.5 Å². The molecule has 1 N–H and O–H groups in total. The molecule has 0 spiro atoms. The van der Waals surface area contributed by atoms with Crippen LogP contribution in [0.25, 0.3) is 10.2 Å². The predicted molar refractivity (Wildman–Crippen MR) is 140 cm³/mol. The molecule has 5 rings (SSSR count). The molecule has 0 radical (unpaired) electrons. The van der Waals surface area contributed by atoms with Crippen LogP contribution < -0.4 is 15.6 Å². The van der Waals surface area contributed by atoms with E-state index in [9.17, 15) is 14.4 Å². The Kier molecular flexibility index (Phi) is 7.31. The van der Waals surface area contributed by atoms with Gasteiger partial charge in [-0.3, -0.25) is 19.0 Å². The topological polar surface area (TPSA) is 103 Å². The SMILES string of the molecule is COc1ccc(NC(=O)CSc2nc3sc4c(c3c(=O)n2C[C@@H]2CCCO2)CCN(C(C)=O)C4)cc1. The lowest BCUT2D eigenvalue weighted by Gasteiger charge is -2.25. The van der Waals surface area contributed by atoms with Gasteiger partial charge in [0.25, 0.3) is 5.56 Å². The van der Waals surface area contributed by atoms with Gasteiger partial charge in [-0.25, -0.2) is 4.98 Å². The van der Waals surface area contributed by atoms with Crippen molar-refractivity contribution in [3.8, 4) is 5.75 Å². The molecular weight excluding hydrogens is 500 g/mol.